The summed E-state index contributed by atoms with van der Waals surface area (Å²) < 4.78 is 5.79. The quantitative estimate of drug-likeness (QED) is 0.738. The molecule has 1 aromatic carbocycles. The maximum Gasteiger partial charge on any atom is 0.123 e. The lowest BCUT2D eigenvalue weighted by Crippen LogP contribution is -2.27. The van der Waals surface area contributed by atoms with E-state index in [-0.39, 0.29) is 6.10 Å². The summed E-state index contributed by atoms with van der Waals surface area (Å²) in [4.78, 5) is 0. The third kappa shape index (κ3) is 1.62. The fourth-order valence-electron chi connectivity index (χ4n) is 2.10. The van der Waals surface area contributed by atoms with E-state index >= 15 is 0 Å². The van der Waals surface area contributed by atoms with E-state index in [1.54, 1.807) is 0 Å². The predicted molar refractivity (Wildman–Crippen MR) is 57.7 cm³/mol. The number of benzene rings is 1. The molecule has 2 nitrogen and oxygen atoms in total. The minimum Gasteiger partial charge on any atom is -0.490 e. The summed E-state index contributed by atoms with van der Waals surface area (Å²) in [6, 6.07) is 6.38. The second-order valence-electron chi connectivity index (χ2n) is 4.14. The maximum absolute atomic E-state index is 5.79. The molecule has 0 aromatic heterocycles. The number of hydrogen-bond acceptors (Lipinski definition) is 2. The maximum atomic E-state index is 5.79. The van der Waals surface area contributed by atoms with Crippen molar-refractivity contribution in [1.29, 1.82) is 0 Å². The van der Waals surface area contributed by atoms with Crippen LogP contribution in [0.15, 0.2) is 18.2 Å². The van der Waals surface area contributed by atoms with E-state index in [9.17, 15) is 0 Å². The molecule has 76 valence electrons. The Morgan fingerprint density at radius 1 is 1.50 bits per heavy atom. The molecule has 0 amide bonds. The van der Waals surface area contributed by atoms with Crippen LogP contribution in [-0.4, -0.2) is 12.6 Å². The highest BCUT2D eigenvalue weighted by molar-refractivity contribution is 5.41. The zero-order chi connectivity index (χ0) is 10.1. The Balaban J connectivity index is 2.40. The molecule has 1 heterocycles. The van der Waals surface area contributed by atoms with Gasteiger partial charge < -0.3 is 10.5 Å². The van der Waals surface area contributed by atoms with Gasteiger partial charge in [0.1, 0.15) is 5.75 Å². The van der Waals surface area contributed by atoms with Gasteiger partial charge in [0, 0.05) is 5.92 Å². The molecule has 14 heavy (non-hydrogen) atoms. The summed E-state index contributed by atoms with van der Waals surface area (Å²) in [5.41, 5.74) is 8.28. The standard InChI is InChI=1S/C12H17NO/c1-8-3-4-11-10(7-13)6-9(2)14-12(11)5-8/h3-5,9-10H,6-7,13H2,1-2H3. The van der Waals surface area contributed by atoms with E-state index in [0.29, 0.717) is 12.5 Å². The first-order chi connectivity index (χ1) is 6.70. The Hall–Kier alpha value is -1.02. The van der Waals surface area contributed by atoms with Gasteiger partial charge in [0.2, 0.25) is 0 Å². The Kier molecular flexibility index (Phi) is 2.46. The van der Waals surface area contributed by atoms with E-state index < -0.39 is 0 Å². The average molecular weight is 191 g/mol. The lowest BCUT2D eigenvalue weighted by Gasteiger charge is -2.29. The highest BCUT2D eigenvalue weighted by atomic mass is 16.5. The van der Waals surface area contributed by atoms with Gasteiger partial charge in [-0.1, -0.05) is 12.1 Å². The minimum absolute atomic E-state index is 0.290. The van der Waals surface area contributed by atoms with Gasteiger partial charge in [-0.15, -0.1) is 0 Å². The number of nitrogens with two attached hydrogens (primary N) is 1. The third-order valence-electron chi connectivity index (χ3n) is 2.84. The smallest absolute Gasteiger partial charge is 0.123 e. The van der Waals surface area contributed by atoms with E-state index in [2.05, 4.69) is 32.0 Å². The first-order valence-corrected chi connectivity index (χ1v) is 5.18. The van der Waals surface area contributed by atoms with Gasteiger partial charge in [0.15, 0.2) is 0 Å². The minimum atomic E-state index is 0.290. The largest absolute Gasteiger partial charge is 0.490 e. The van der Waals surface area contributed by atoms with Crippen LogP contribution < -0.4 is 10.5 Å². The van der Waals surface area contributed by atoms with Gasteiger partial charge in [0.25, 0.3) is 0 Å². The third-order valence-corrected chi connectivity index (χ3v) is 2.84. The zero-order valence-corrected chi connectivity index (χ0v) is 8.79. The first-order valence-electron chi connectivity index (χ1n) is 5.18. The molecule has 2 atom stereocenters. The second kappa shape index (κ2) is 3.62. The van der Waals surface area contributed by atoms with Crippen molar-refractivity contribution in [2.45, 2.75) is 32.3 Å². The molecular formula is C12H17NO. The number of hydrogen-bond donors (Lipinski definition) is 1. The summed E-state index contributed by atoms with van der Waals surface area (Å²) >= 11 is 0. The molecule has 1 aliphatic rings. The number of aryl methyl sites for hydroxylation is 1. The topological polar surface area (TPSA) is 35.2 Å². The Labute approximate surface area is 85.1 Å². The Bertz CT molecular complexity index is 335. The van der Waals surface area contributed by atoms with Crippen LogP contribution in [0.4, 0.5) is 0 Å². The lowest BCUT2D eigenvalue weighted by molar-refractivity contribution is 0.177. The van der Waals surface area contributed by atoms with E-state index in [1.165, 1.54) is 11.1 Å². The van der Waals surface area contributed by atoms with Crippen LogP contribution in [-0.2, 0) is 0 Å². The highest BCUT2D eigenvalue weighted by Gasteiger charge is 2.24. The summed E-state index contributed by atoms with van der Waals surface area (Å²) in [5, 5.41) is 0. The van der Waals surface area contributed by atoms with Crippen LogP contribution in [0, 0.1) is 6.92 Å². The van der Waals surface area contributed by atoms with Gasteiger partial charge in [-0.3, -0.25) is 0 Å². The van der Waals surface area contributed by atoms with Crippen molar-refractivity contribution in [3.63, 3.8) is 0 Å². The first kappa shape index (κ1) is 9.53. The molecule has 1 aromatic rings. The molecule has 0 aliphatic carbocycles. The molecule has 2 unspecified atom stereocenters. The highest BCUT2D eigenvalue weighted by Crippen LogP contribution is 2.35. The van der Waals surface area contributed by atoms with Crippen LogP contribution in [0.25, 0.3) is 0 Å². The lowest BCUT2D eigenvalue weighted by atomic mass is 9.90. The molecule has 0 radical (unpaired) electrons. The van der Waals surface area contributed by atoms with Crippen molar-refractivity contribution in [1.82, 2.24) is 0 Å². The van der Waals surface area contributed by atoms with Crippen molar-refractivity contribution < 1.29 is 4.74 Å². The van der Waals surface area contributed by atoms with Crippen LogP contribution in [0.3, 0.4) is 0 Å². The Morgan fingerprint density at radius 2 is 2.29 bits per heavy atom. The van der Waals surface area contributed by atoms with Crippen molar-refractivity contribution in [2.75, 3.05) is 6.54 Å². The van der Waals surface area contributed by atoms with Gasteiger partial charge in [0.05, 0.1) is 6.10 Å². The number of rotatable bonds is 1. The molecule has 1 aliphatic heterocycles. The van der Waals surface area contributed by atoms with E-state index in [0.717, 1.165) is 12.2 Å². The predicted octanol–water partition coefficient (Wildman–Crippen LogP) is 2.21. The van der Waals surface area contributed by atoms with Crippen LogP contribution in [0.2, 0.25) is 0 Å². The van der Waals surface area contributed by atoms with E-state index in [4.69, 9.17) is 10.5 Å². The summed E-state index contributed by atoms with van der Waals surface area (Å²) in [6.07, 6.45) is 1.32. The van der Waals surface area contributed by atoms with Crippen molar-refractivity contribution in [3.05, 3.63) is 29.3 Å². The molecule has 0 bridgehead atoms. The normalized spacial score (nSPS) is 25.4. The molecule has 0 saturated carbocycles. The zero-order valence-electron chi connectivity index (χ0n) is 8.79. The van der Waals surface area contributed by atoms with E-state index in [1.807, 2.05) is 0 Å². The molecule has 0 saturated heterocycles. The fraction of sp³-hybridized carbons (Fsp3) is 0.500. The van der Waals surface area contributed by atoms with Gasteiger partial charge in [-0.2, -0.15) is 0 Å². The number of fused-ring (bicyclic) bond motifs is 1. The summed E-state index contributed by atoms with van der Waals surface area (Å²) in [5.74, 6) is 1.49. The summed E-state index contributed by atoms with van der Waals surface area (Å²) in [7, 11) is 0. The van der Waals surface area contributed by atoms with Crippen molar-refractivity contribution in [3.8, 4) is 5.75 Å². The summed E-state index contributed by atoms with van der Waals surface area (Å²) in [6.45, 7) is 4.90. The SMILES string of the molecule is Cc1ccc2c(c1)OC(C)CC2CN. The number of ether oxygens (including phenoxy) is 1. The van der Waals surface area contributed by atoms with Crippen LogP contribution >= 0.6 is 0 Å². The monoisotopic (exact) mass is 191 g/mol. The van der Waals surface area contributed by atoms with Gasteiger partial charge in [-0.25, -0.2) is 0 Å². The van der Waals surface area contributed by atoms with Gasteiger partial charge >= 0.3 is 0 Å². The molecular weight excluding hydrogens is 174 g/mol. The van der Waals surface area contributed by atoms with Crippen molar-refractivity contribution in [2.24, 2.45) is 5.73 Å². The second-order valence-corrected chi connectivity index (χ2v) is 4.14. The average Bonchev–Trinajstić information content (AvgIpc) is 2.15. The molecule has 2 heteroatoms. The van der Waals surface area contributed by atoms with Crippen LogP contribution in [0.5, 0.6) is 5.75 Å². The van der Waals surface area contributed by atoms with Crippen LogP contribution in [0.1, 0.15) is 30.4 Å². The molecule has 2 rings (SSSR count). The fourth-order valence-corrected chi connectivity index (χ4v) is 2.10. The Morgan fingerprint density at radius 3 is 3.00 bits per heavy atom. The molecule has 2 N–H and O–H groups in total. The molecule has 0 spiro atoms. The van der Waals surface area contributed by atoms with Gasteiger partial charge in [-0.05, 0) is 44.0 Å². The molecule has 0 fully saturated rings. The van der Waals surface area contributed by atoms with Crippen molar-refractivity contribution >= 4 is 0 Å².